The van der Waals surface area contributed by atoms with Gasteiger partial charge in [0.15, 0.2) is 5.11 Å². The molecular weight excluding hydrogens is 274 g/mol. The molecule has 0 unspecified atom stereocenters. The topological polar surface area (TPSA) is 58.4 Å². The Labute approximate surface area is 125 Å². The predicted octanol–water partition coefficient (Wildman–Crippen LogP) is 3.26. The Hall–Kier alpha value is -1.69. The van der Waals surface area contributed by atoms with Crippen molar-refractivity contribution in [2.45, 2.75) is 32.7 Å². The molecule has 1 aromatic rings. The predicted molar refractivity (Wildman–Crippen MR) is 84.8 cm³/mol. The fourth-order valence-corrected chi connectivity index (χ4v) is 2.05. The summed E-state index contributed by atoms with van der Waals surface area (Å²) in [6.07, 6.45) is 2.18. The molecule has 1 atom stereocenters. The zero-order chi connectivity index (χ0) is 15.1. The molecule has 1 N–H and O–H groups in total. The molecule has 5 nitrogen and oxygen atoms in total. The molecule has 0 aromatic heterocycles. The highest BCUT2D eigenvalue weighted by Gasteiger charge is 2.16. The Morgan fingerprint density at radius 3 is 2.85 bits per heavy atom. The van der Waals surface area contributed by atoms with Gasteiger partial charge in [0.25, 0.3) is 5.69 Å². The Morgan fingerprint density at radius 2 is 2.25 bits per heavy atom. The molecular formula is C14H21N3O2S. The summed E-state index contributed by atoms with van der Waals surface area (Å²) in [6, 6.07) is 6.65. The van der Waals surface area contributed by atoms with Gasteiger partial charge in [0.2, 0.25) is 0 Å². The molecule has 0 saturated heterocycles. The normalized spacial score (nSPS) is 11.8. The van der Waals surface area contributed by atoms with E-state index >= 15 is 0 Å². The maximum atomic E-state index is 10.8. The highest BCUT2D eigenvalue weighted by Crippen LogP contribution is 2.22. The van der Waals surface area contributed by atoms with Gasteiger partial charge in [-0.1, -0.05) is 25.5 Å². The average molecular weight is 295 g/mol. The van der Waals surface area contributed by atoms with Gasteiger partial charge < -0.3 is 10.2 Å². The van der Waals surface area contributed by atoms with E-state index in [-0.39, 0.29) is 16.7 Å². The van der Waals surface area contributed by atoms with Crippen LogP contribution < -0.4 is 5.32 Å². The van der Waals surface area contributed by atoms with Gasteiger partial charge in [0.1, 0.15) is 0 Å². The minimum atomic E-state index is -0.381. The number of nitrogens with zero attached hydrogens (tertiary/aromatic N) is 2. The van der Waals surface area contributed by atoms with Crippen molar-refractivity contribution < 1.29 is 4.92 Å². The molecule has 0 saturated carbocycles. The molecule has 20 heavy (non-hydrogen) atoms. The SMILES string of the molecule is CCCCNC(=S)N(C)[C@H](C)c1cccc([N+](=O)[O-])c1. The Kier molecular flexibility index (Phi) is 6.38. The van der Waals surface area contributed by atoms with Gasteiger partial charge >= 0.3 is 0 Å². The molecule has 0 heterocycles. The maximum absolute atomic E-state index is 10.8. The van der Waals surface area contributed by atoms with E-state index in [1.54, 1.807) is 12.1 Å². The van der Waals surface area contributed by atoms with E-state index in [9.17, 15) is 10.1 Å². The number of benzene rings is 1. The Balaban J connectivity index is 2.73. The molecule has 0 spiro atoms. The van der Waals surface area contributed by atoms with Crippen LogP contribution in [0.2, 0.25) is 0 Å². The largest absolute Gasteiger partial charge is 0.363 e. The van der Waals surface area contributed by atoms with E-state index in [1.807, 2.05) is 24.9 Å². The minimum Gasteiger partial charge on any atom is -0.363 e. The van der Waals surface area contributed by atoms with Crippen LogP contribution in [-0.2, 0) is 0 Å². The highest BCUT2D eigenvalue weighted by molar-refractivity contribution is 7.80. The number of hydrogen-bond acceptors (Lipinski definition) is 3. The smallest absolute Gasteiger partial charge is 0.269 e. The third kappa shape index (κ3) is 4.45. The van der Waals surface area contributed by atoms with Crippen LogP contribution >= 0.6 is 12.2 Å². The molecule has 0 fully saturated rings. The molecule has 0 amide bonds. The van der Waals surface area contributed by atoms with E-state index < -0.39 is 0 Å². The van der Waals surface area contributed by atoms with Crippen LogP contribution in [0.4, 0.5) is 5.69 Å². The van der Waals surface area contributed by atoms with Crippen molar-refractivity contribution in [1.82, 2.24) is 10.2 Å². The quantitative estimate of drug-likeness (QED) is 0.378. The van der Waals surface area contributed by atoms with Crippen LogP contribution in [0.5, 0.6) is 0 Å². The lowest BCUT2D eigenvalue weighted by Gasteiger charge is -2.28. The number of nitrogens with one attached hydrogen (secondary N) is 1. The molecule has 0 aliphatic rings. The Bertz CT molecular complexity index is 479. The molecule has 6 heteroatoms. The molecule has 0 bridgehead atoms. The standard InChI is InChI=1S/C14H21N3O2S/c1-4-5-9-15-14(20)16(3)11(2)12-7-6-8-13(10-12)17(18)19/h6-8,10-11H,4-5,9H2,1-3H3,(H,15,20)/t11-/m1/s1. The van der Waals surface area contributed by atoms with Gasteiger partial charge in [-0.15, -0.1) is 0 Å². The average Bonchev–Trinajstić information content (AvgIpc) is 2.45. The lowest BCUT2D eigenvalue weighted by Crippen LogP contribution is -2.38. The summed E-state index contributed by atoms with van der Waals surface area (Å²) in [7, 11) is 1.89. The third-order valence-corrected chi connectivity index (χ3v) is 3.70. The second-order valence-corrected chi connectivity index (χ2v) is 5.11. The number of unbranched alkanes of at least 4 members (excludes halogenated alkanes) is 1. The highest BCUT2D eigenvalue weighted by atomic mass is 32.1. The van der Waals surface area contributed by atoms with E-state index in [0.717, 1.165) is 24.9 Å². The van der Waals surface area contributed by atoms with Crippen LogP contribution in [-0.4, -0.2) is 28.5 Å². The summed E-state index contributed by atoms with van der Waals surface area (Å²) in [6.45, 7) is 4.95. The van der Waals surface area contributed by atoms with Crippen molar-refractivity contribution in [2.75, 3.05) is 13.6 Å². The van der Waals surface area contributed by atoms with Gasteiger partial charge in [0, 0.05) is 25.7 Å². The zero-order valence-corrected chi connectivity index (χ0v) is 12.9. The van der Waals surface area contributed by atoms with Crippen molar-refractivity contribution in [3.63, 3.8) is 0 Å². The molecule has 1 aromatic carbocycles. The summed E-state index contributed by atoms with van der Waals surface area (Å²) in [5, 5.41) is 14.7. The summed E-state index contributed by atoms with van der Waals surface area (Å²) in [5.74, 6) is 0. The number of nitro groups is 1. The lowest BCUT2D eigenvalue weighted by atomic mass is 10.1. The van der Waals surface area contributed by atoms with Crippen LogP contribution in [0.3, 0.4) is 0 Å². The van der Waals surface area contributed by atoms with Crippen molar-refractivity contribution in [1.29, 1.82) is 0 Å². The van der Waals surface area contributed by atoms with Crippen molar-refractivity contribution in [3.05, 3.63) is 39.9 Å². The summed E-state index contributed by atoms with van der Waals surface area (Å²) < 4.78 is 0. The maximum Gasteiger partial charge on any atom is 0.269 e. The first-order chi connectivity index (χ1) is 9.47. The second kappa shape index (κ2) is 7.79. The molecule has 0 aliphatic carbocycles. The van der Waals surface area contributed by atoms with Crippen LogP contribution in [0.15, 0.2) is 24.3 Å². The first-order valence-corrected chi connectivity index (χ1v) is 7.13. The molecule has 0 aliphatic heterocycles. The van der Waals surface area contributed by atoms with E-state index in [1.165, 1.54) is 6.07 Å². The van der Waals surface area contributed by atoms with Crippen molar-refractivity contribution in [3.8, 4) is 0 Å². The van der Waals surface area contributed by atoms with Crippen molar-refractivity contribution in [2.24, 2.45) is 0 Å². The van der Waals surface area contributed by atoms with E-state index in [2.05, 4.69) is 12.2 Å². The first-order valence-electron chi connectivity index (χ1n) is 6.72. The third-order valence-electron chi connectivity index (χ3n) is 3.27. The van der Waals surface area contributed by atoms with Crippen LogP contribution in [0, 0.1) is 10.1 Å². The Morgan fingerprint density at radius 1 is 1.55 bits per heavy atom. The summed E-state index contributed by atoms with van der Waals surface area (Å²) >= 11 is 5.33. The minimum absolute atomic E-state index is 0.0171. The monoisotopic (exact) mass is 295 g/mol. The first kappa shape index (κ1) is 16.4. The van der Waals surface area contributed by atoms with Gasteiger partial charge in [-0.3, -0.25) is 10.1 Å². The summed E-state index contributed by atoms with van der Waals surface area (Å²) in [5.41, 5.74) is 0.981. The van der Waals surface area contributed by atoms with Crippen LogP contribution in [0.25, 0.3) is 0 Å². The van der Waals surface area contributed by atoms with E-state index in [4.69, 9.17) is 12.2 Å². The molecule has 1 rings (SSSR count). The molecule has 110 valence electrons. The zero-order valence-electron chi connectivity index (χ0n) is 12.1. The van der Waals surface area contributed by atoms with Gasteiger partial charge in [0.05, 0.1) is 11.0 Å². The van der Waals surface area contributed by atoms with E-state index in [0.29, 0.717) is 5.11 Å². The van der Waals surface area contributed by atoms with Crippen molar-refractivity contribution >= 4 is 23.0 Å². The lowest BCUT2D eigenvalue weighted by molar-refractivity contribution is -0.384. The van der Waals surface area contributed by atoms with Gasteiger partial charge in [-0.05, 0) is 31.1 Å². The van der Waals surface area contributed by atoms with Crippen LogP contribution in [0.1, 0.15) is 38.3 Å². The fraction of sp³-hybridized carbons (Fsp3) is 0.500. The van der Waals surface area contributed by atoms with Gasteiger partial charge in [-0.2, -0.15) is 0 Å². The number of thiocarbonyl (C=S) groups is 1. The number of non-ortho nitro benzene ring substituents is 1. The number of rotatable bonds is 6. The fourth-order valence-electron chi connectivity index (χ4n) is 1.79. The second-order valence-electron chi connectivity index (χ2n) is 4.72. The number of hydrogen-bond donors (Lipinski definition) is 1. The number of nitro benzene ring substituents is 1. The molecule has 0 radical (unpaired) electrons. The summed E-state index contributed by atoms with van der Waals surface area (Å²) in [4.78, 5) is 12.3. The van der Waals surface area contributed by atoms with Gasteiger partial charge in [-0.25, -0.2) is 0 Å².